The van der Waals surface area contributed by atoms with Crippen molar-refractivity contribution in [3.8, 4) is 0 Å². The van der Waals surface area contributed by atoms with Gasteiger partial charge in [0, 0.05) is 42.6 Å². The summed E-state index contributed by atoms with van der Waals surface area (Å²) in [5, 5.41) is 2.15. The quantitative estimate of drug-likeness (QED) is 0.924. The first-order valence-electron chi connectivity index (χ1n) is 7.17. The largest absolute Gasteiger partial charge is 0.326 e. The smallest absolute Gasteiger partial charge is 0.0591 e. The highest BCUT2D eigenvalue weighted by molar-refractivity contribution is 7.10. The Bertz CT molecular complexity index is 373. The molecular weight excluding hydrogens is 254 g/mol. The maximum absolute atomic E-state index is 6.23. The minimum Gasteiger partial charge on any atom is -0.326 e. The van der Waals surface area contributed by atoms with E-state index in [0.717, 1.165) is 26.2 Å². The average molecular weight is 281 g/mol. The molecule has 2 atom stereocenters. The molecule has 1 saturated heterocycles. The minimum absolute atomic E-state index is 0.180. The van der Waals surface area contributed by atoms with Crippen molar-refractivity contribution in [1.29, 1.82) is 0 Å². The Morgan fingerprint density at radius 1 is 1.21 bits per heavy atom. The van der Waals surface area contributed by atoms with Crippen LogP contribution in [0.5, 0.6) is 0 Å². The zero-order chi connectivity index (χ0) is 14.0. The Kier molecular flexibility index (Phi) is 4.66. The van der Waals surface area contributed by atoms with Gasteiger partial charge in [0.1, 0.15) is 0 Å². The predicted octanol–water partition coefficient (Wildman–Crippen LogP) is 2.55. The number of thiophene rings is 1. The maximum Gasteiger partial charge on any atom is 0.0591 e. The van der Waals surface area contributed by atoms with Crippen LogP contribution in [0.15, 0.2) is 17.5 Å². The molecule has 4 heteroatoms. The van der Waals surface area contributed by atoms with Crippen LogP contribution in [-0.4, -0.2) is 47.6 Å². The molecule has 2 heterocycles. The van der Waals surface area contributed by atoms with Crippen molar-refractivity contribution < 1.29 is 0 Å². The van der Waals surface area contributed by atoms with Gasteiger partial charge in [-0.1, -0.05) is 6.07 Å². The first-order chi connectivity index (χ1) is 8.89. The van der Waals surface area contributed by atoms with Crippen molar-refractivity contribution >= 4 is 11.3 Å². The van der Waals surface area contributed by atoms with Crippen LogP contribution in [0.25, 0.3) is 0 Å². The molecule has 1 aliphatic heterocycles. The summed E-state index contributed by atoms with van der Waals surface area (Å²) in [5.41, 5.74) is 6.51. The molecule has 0 aromatic carbocycles. The van der Waals surface area contributed by atoms with Gasteiger partial charge in [0.2, 0.25) is 0 Å². The number of piperazine rings is 1. The van der Waals surface area contributed by atoms with Gasteiger partial charge in [0.05, 0.1) is 6.04 Å². The fraction of sp³-hybridized carbons (Fsp3) is 0.733. The van der Waals surface area contributed by atoms with Gasteiger partial charge < -0.3 is 5.73 Å². The number of rotatable bonds is 3. The van der Waals surface area contributed by atoms with Gasteiger partial charge in [0.15, 0.2) is 0 Å². The molecule has 0 aliphatic carbocycles. The lowest BCUT2D eigenvalue weighted by Crippen LogP contribution is -2.55. The normalized spacial score (nSPS) is 22.4. The molecule has 2 rings (SSSR count). The van der Waals surface area contributed by atoms with Crippen LogP contribution in [0.2, 0.25) is 0 Å². The summed E-state index contributed by atoms with van der Waals surface area (Å²) in [5.74, 6) is 0. The van der Waals surface area contributed by atoms with Crippen molar-refractivity contribution in [1.82, 2.24) is 9.80 Å². The van der Waals surface area contributed by atoms with Crippen LogP contribution in [0.3, 0.4) is 0 Å². The van der Waals surface area contributed by atoms with E-state index in [1.807, 2.05) is 11.3 Å². The van der Waals surface area contributed by atoms with E-state index in [2.05, 4.69) is 55.0 Å². The number of hydrogen-bond donors (Lipinski definition) is 1. The summed E-state index contributed by atoms with van der Waals surface area (Å²) in [6.07, 6.45) is 0. The Labute approximate surface area is 121 Å². The van der Waals surface area contributed by atoms with E-state index >= 15 is 0 Å². The lowest BCUT2D eigenvalue weighted by Gasteiger charge is -2.45. The topological polar surface area (TPSA) is 32.5 Å². The number of nitrogens with zero attached hydrogens (tertiary/aromatic N) is 2. The van der Waals surface area contributed by atoms with Crippen LogP contribution in [0.4, 0.5) is 0 Å². The Morgan fingerprint density at radius 3 is 2.26 bits per heavy atom. The molecule has 1 aromatic heterocycles. The van der Waals surface area contributed by atoms with Gasteiger partial charge in [-0.2, -0.15) is 0 Å². The Balaban J connectivity index is 2.03. The fourth-order valence-corrected chi connectivity index (χ4v) is 3.88. The first kappa shape index (κ1) is 15.0. The second-order valence-corrected chi connectivity index (χ2v) is 7.49. The Morgan fingerprint density at radius 2 is 1.84 bits per heavy atom. The zero-order valence-corrected chi connectivity index (χ0v) is 13.4. The highest BCUT2D eigenvalue weighted by Crippen LogP contribution is 2.29. The molecule has 2 N–H and O–H groups in total. The summed E-state index contributed by atoms with van der Waals surface area (Å²) in [6, 6.07) is 4.90. The van der Waals surface area contributed by atoms with Gasteiger partial charge in [-0.15, -0.1) is 11.3 Å². The van der Waals surface area contributed by atoms with Crippen molar-refractivity contribution in [2.24, 2.45) is 5.73 Å². The molecule has 1 aromatic rings. The molecule has 108 valence electrons. The van der Waals surface area contributed by atoms with E-state index in [1.54, 1.807) is 0 Å². The highest BCUT2D eigenvalue weighted by Gasteiger charge is 2.31. The molecule has 0 radical (unpaired) electrons. The zero-order valence-electron chi connectivity index (χ0n) is 12.6. The molecular formula is C15H27N3S. The van der Waals surface area contributed by atoms with Gasteiger partial charge >= 0.3 is 0 Å². The van der Waals surface area contributed by atoms with E-state index in [0.29, 0.717) is 6.04 Å². The summed E-state index contributed by atoms with van der Waals surface area (Å²) < 4.78 is 0. The molecule has 19 heavy (non-hydrogen) atoms. The third kappa shape index (κ3) is 3.57. The SMILES string of the molecule is CC(N)C(c1cccs1)N1CCN(C(C)(C)C)CC1. The monoisotopic (exact) mass is 281 g/mol. The highest BCUT2D eigenvalue weighted by atomic mass is 32.1. The second kappa shape index (κ2) is 5.92. The van der Waals surface area contributed by atoms with Crippen LogP contribution in [-0.2, 0) is 0 Å². The van der Waals surface area contributed by atoms with E-state index in [4.69, 9.17) is 5.73 Å². The van der Waals surface area contributed by atoms with E-state index < -0.39 is 0 Å². The summed E-state index contributed by atoms with van der Waals surface area (Å²) in [4.78, 5) is 6.52. The maximum atomic E-state index is 6.23. The molecule has 0 saturated carbocycles. The van der Waals surface area contributed by atoms with Gasteiger partial charge in [0.25, 0.3) is 0 Å². The van der Waals surface area contributed by atoms with Crippen molar-refractivity contribution in [2.75, 3.05) is 26.2 Å². The van der Waals surface area contributed by atoms with Crippen LogP contribution >= 0.6 is 11.3 Å². The second-order valence-electron chi connectivity index (χ2n) is 6.51. The summed E-state index contributed by atoms with van der Waals surface area (Å²) in [7, 11) is 0. The lowest BCUT2D eigenvalue weighted by atomic mass is 10.0. The van der Waals surface area contributed by atoms with Crippen molar-refractivity contribution in [2.45, 2.75) is 45.3 Å². The predicted molar refractivity (Wildman–Crippen MR) is 83.6 cm³/mol. The number of nitrogens with two attached hydrogens (primary N) is 1. The molecule has 0 bridgehead atoms. The summed E-state index contributed by atoms with van der Waals surface area (Å²) >= 11 is 1.82. The minimum atomic E-state index is 0.180. The van der Waals surface area contributed by atoms with Gasteiger partial charge in [-0.25, -0.2) is 0 Å². The van der Waals surface area contributed by atoms with Crippen LogP contribution in [0, 0.1) is 0 Å². The van der Waals surface area contributed by atoms with E-state index in [9.17, 15) is 0 Å². The lowest BCUT2D eigenvalue weighted by molar-refractivity contribution is 0.0377. The van der Waals surface area contributed by atoms with E-state index in [-0.39, 0.29) is 11.6 Å². The molecule has 2 unspecified atom stereocenters. The fourth-order valence-electron chi connectivity index (χ4n) is 2.90. The molecule has 3 nitrogen and oxygen atoms in total. The average Bonchev–Trinajstić information content (AvgIpc) is 2.82. The molecule has 0 amide bonds. The third-order valence-electron chi connectivity index (χ3n) is 3.99. The Hall–Kier alpha value is -0.420. The number of hydrogen-bond acceptors (Lipinski definition) is 4. The van der Waals surface area contributed by atoms with Gasteiger partial charge in [-0.3, -0.25) is 9.80 Å². The molecule has 1 aliphatic rings. The van der Waals surface area contributed by atoms with Crippen LogP contribution in [0.1, 0.15) is 38.6 Å². The van der Waals surface area contributed by atoms with Gasteiger partial charge in [-0.05, 0) is 39.1 Å². The molecule has 0 spiro atoms. The van der Waals surface area contributed by atoms with Crippen molar-refractivity contribution in [3.63, 3.8) is 0 Å². The molecule has 1 fully saturated rings. The van der Waals surface area contributed by atoms with Crippen molar-refractivity contribution in [3.05, 3.63) is 22.4 Å². The van der Waals surface area contributed by atoms with E-state index in [1.165, 1.54) is 4.88 Å². The van der Waals surface area contributed by atoms with Crippen LogP contribution < -0.4 is 5.73 Å². The summed E-state index contributed by atoms with van der Waals surface area (Å²) in [6.45, 7) is 13.5. The standard InChI is InChI=1S/C15H27N3S/c1-12(16)14(13-6-5-11-19-13)17-7-9-18(10-8-17)15(2,3)4/h5-6,11-12,14H,7-10,16H2,1-4H3. The first-order valence-corrected chi connectivity index (χ1v) is 8.05. The third-order valence-corrected chi connectivity index (χ3v) is 4.93.